The number of rotatable bonds is 5. The van der Waals surface area contributed by atoms with E-state index in [1.54, 1.807) is 0 Å². The lowest BCUT2D eigenvalue weighted by Crippen LogP contribution is -2.39. The summed E-state index contributed by atoms with van der Waals surface area (Å²) in [6.45, 7) is 9.26. The van der Waals surface area contributed by atoms with E-state index >= 15 is 0 Å². The second-order valence-corrected chi connectivity index (χ2v) is 5.79. The van der Waals surface area contributed by atoms with Gasteiger partial charge in [-0.15, -0.1) is 11.6 Å². The van der Waals surface area contributed by atoms with Crippen LogP contribution >= 0.6 is 11.6 Å². The molecule has 1 aliphatic rings. The van der Waals surface area contributed by atoms with Gasteiger partial charge in [-0.3, -0.25) is 4.79 Å². The first-order valence-electron chi connectivity index (χ1n) is 5.76. The highest BCUT2D eigenvalue weighted by Gasteiger charge is 2.52. The normalized spacial score (nSPS) is 22.9. The summed E-state index contributed by atoms with van der Waals surface area (Å²) in [5.41, 5.74) is 0.227. The number of hydrogen-bond acceptors (Lipinski definition) is 1. The van der Waals surface area contributed by atoms with Crippen molar-refractivity contribution in [3.8, 4) is 0 Å². The molecular formula is C12H22ClNO. The fourth-order valence-corrected chi connectivity index (χ4v) is 2.06. The monoisotopic (exact) mass is 231 g/mol. The summed E-state index contributed by atoms with van der Waals surface area (Å²) in [5.74, 6) is 1.19. The van der Waals surface area contributed by atoms with Gasteiger partial charge in [-0.05, 0) is 32.1 Å². The van der Waals surface area contributed by atoms with Crippen molar-refractivity contribution < 1.29 is 4.79 Å². The third-order valence-corrected chi connectivity index (χ3v) is 3.52. The fourth-order valence-electron chi connectivity index (χ4n) is 1.94. The maximum absolute atomic E-state index is 12.2. The molecular weight excluding hydrogens is 210 g/mol. The van der Waals surface area contributed by atoms with E-state index in [0.717, 1.165) is 19.4 Å². The zero-order valence-corrected chi connectivity index (χ0v) is 11.0. The number of hydrogen-bond donors (Lipinski definition) is 0. The summed E-state index contributed by atoms with van der Waals surface area (Å²) in [7, 11) is 0. The van der Waals surface area contributed by atoms with Gasteiger partial charge in [-0.2, -0.15) is 0 Å². The lowest BCUT2D eigenvalue weighted by atomic mass is 10.1. The second-order valence-electron chi connectivity index (χ2n) is 5.41. The number of nitrogens with zero attached hydrogens (tertiary/aromatic N) is 1. The van der Waals surface area contributed by atoms with Gasteiger partial charge in [-0.1, -0.05) is 13.8 Å². The molecule has 0 radical (unpaired) electrons. The van der Waals surface area contributed by atoms with Crippen molar-refractivity contribution in [3.05, 3.63) is 0 Å². The lowest BCUT2D eigenvalue weighted by Gasteiger charge is -2.27. The van der Waals surface area contributed by atoms with Crippen LogP contribution in [-0.4, -0.2) is 29.3 Å². The first kappa shape index (κ1) is 12.8. The lowest BCUT2D eigenvalue weighted by molar-refractivity contribution is -0.135. The van der Waals surface area contributed by atoms with Crippen LogP contribution in [0.2, 0.25) is 0 Å². The van der Waals surface area contributed by atoms with Crippen LogP contribution in [0.25, 0.3) is 0 Å². The molecule has 0 aliphatic heterocycles. The van der Waals surface area contributed by atoms with Crippen molar-refractivity contribution >= 4 is 17.5 Å². The number of halogens is 1. The van der Waals surface area contributed by atoms with Gasteiger partial charge in [0, 0.05) is 24.4 Å². The van der Waals surface area contributed by atoms with Crippen molar-refractivity contribution in [2.24, 2.45) is 11.3 Å². The Morgan fingerprint density at radius 2 is 2.07 bits per heavy atom. The Balaban J connectivity index is 2.53. The van der Waals surface area contributed by atoms with Crippen molar-refractivity contribution in [3.63, 3.8) is 0 Å². The Bertz CT molecular complexity index is 238. The van der Waals surface area contributed by atoms with Crippen molar-refractivity contribution in [1.82, 2.24) is 4.90 Å². The summed E-state index contributed by atoms with van der Waals surface area (Å²) in [6.07, 6.45) is 1.93. The van der Waals surface area contributed by atoms with Gasteiger partial charge < -0.3 is 4.90 Å². The van der Waals surface area contributed by atoms with Gasteiger partial charge in [0.25, 0.3) is 0 Å². The van der Waals surface area contributed by atoms with Gasteiger partial charge in [0.05, 0.1) is 0 Å². The van der Waals surface area contributed by atoms with Crippen LogP contribution in [0, 0.1) is 11.3 Å². The van der Waals surface area contributed by atoms with Gasteiger partial charge in [0.1, 0.15) is 0 Å². The van der Waals surface area contributed by atoms with Gasteiger partial charge in [-0.25, -0.2) is 0 Å². The Morgan fingerprint density at radius 3 is 2.40 bits per heavy atom. The van der Waals surface area contributed by atoms with E-state index in [2.05, 4.69) is 27.7 Å². The zero-order valence-electron chi connectivity index (χ0n) is 10.2. The Morgan fingerprint density at radius 1 is 1.53 bits per heavy atom. The molecule has 88 valence electrons. The Labute approximate surface area is 98.0 Å². The number of carbonyl (C=O) groups is 1. The van der Waals surface area contributed by atoms with E-state index in [9.17, 15) is 4.79 Å². The van der Waals surface area contributed by atoms with Crippen molar-refractivity contribution in [1.29, 1.82) is 0 Å². The minimum absolute atomic E-state index is 0.227. The molecule has 1 saturated carbocycles. The van der Waals surface area contributed by atoms with Crippen LogP contribution in [0.1, 0.15) is 40.5 Å². The Kier molecular flexibility index (Phi) is 4.05. The molecule has 0 aromatic rings. The number of amides is 1. The van der Waals surface area contributed by atoms with Crippen LogP contribution in [-0.2, 0) is 4.79 Å². The molecule has 0 heterocycles. The first-order valence-corrected chi connectivity index (χ1v) is 6.30. The van der Waals surface area contributed by atoms with Gasteiger partial charge in [0.15, 0.2) is 0 Å². The molecule has 1 rings (SSSR count). The molecule has 1 fully saturated rings. The SMILES string of the molecule is CC(C)N(CCCCl)C(=O)C1CC1(C)C. The molecule has 1 unspecified atom stereocenters. The predicted octanol–water partition coefficient (Wildman–Crippen LogP) is 2.90. The molecule has 15 heavy (non-hydrogen) atoms. The molecule has 1 atom stereocenters. The fraction of sp³-hybridized carbons (Fsp3) is 0.917. The van der Waals surface area contributed by atoms with E-state index in [4.69, 9.17) is 11.6 Å². The van der Waals surface area contributed by atoms with Crippen LogP contribution in [0.3, 0.4) is 0 Å². The summed E-state index contributed by atoms with van der Waals surface area (Å²) >= 11 is 5.67. The van der Waals surface area contributed by atoms with E-state index in [-0.39, 0.29) is 17.4 Å². The third kappa shape index (κ3) is 3.10. The molecule has 1 amide bonds. The number of alkyl halides is 1. The smallest absolute Gasteiger partial charge is 0.226 e. The number of carbonyl (C=O) groups excluding carboxylic acids is 1. The van der Waals surface area contributed by atoms with E-state index in [0.29, 0.717) is 11.8 Å². The maximum Gasteiger partial charge on any atom is 0.226 e. The topological polar surface area (TPSA) is 20.3 Å². The highest BCUT2D eigenvalue weighted by Crippen LogP contribution is 2.52. The third-order valence-electron chi connectivity index (χ3n) is 3.25. The van der Waals surface area contributed by atoms with E-state index < -0.39 is 0 Å². The molecule has 1 aliphatic carbocycles. The molecule has 0 bridgehead atoms. The molecule has 0 spiro atoms. The van der Waals surface area contributed by atoms with Crippen LogP contribution in [0.4, 0.5) is 0 Å². The van der Waals surface area contributed by atoms with E-state index in [1.165, 1.54) is 0 Å². The minimum atomic E-state index is 0.227. The standard InChI is InChI=1S/C12H22ClNO/c1-9(2)14(7-5-6-13)11(15)10-8-12(10,3)4/h9-10H,5-8H2,1-4H3. The molecule has 0 aromatic heterocycles. The molecule has 0 aromatic carbocycles. The predicted molar refractivity (Wildman–Crippen MR) is 64.1 cm³/mol. The van der Waals surface area contributed by atoms with Crippen molar-refractivity contribution in [2.45, 2.75) is 46.6 Å². The Hall–Kier alpha value is -0.240. The summed E-state index contributed by atoms with van der Waals surface area (Å²) in [6, 6.07) is 0.289. The largest absolute Gasteiger partial charge is 0.340 e. The maximum atomic E-state index is 12.2. The molecule has 0 saturated heterocycles. The average molecular weight is 232 g/mol. The van der Waals surface area contributed by atoms with Gasteiger partial charge >= 0.3 is 0 Å². The molecule has 0 N–H and O–H groups in total. The average Bonchev–Trinajstić information content (AvgIpc) is 2.75. The molecule has 3 heteroatoms. The summed E-state index contributed by atoms with van der Waals surface area (Å²) in [4.78, 5) is 14.1. The minimum Gasteiger partial charge on any atom is -0.340 e. The van der Waals surface area contributed by atoms with Gasteiger partial charge in [0.2, 0.25) is 5.91 Å². The first-order chi connectivity index (χ1) is 6.90. The highest BCUT2D eigenvalue weighted by molar-refractivity contribution is 6.17. The van der Waals surface area contributed by atoms with E-state index in [1.807, 2.05) is 4.90 Å². The highest BCUT2D eigenvalue weighted by atomic mass is 35.5. The summed E-state index contributed by atoms with van der Waals surface area (Å²) < 4.78 is 0. The zero-order chi connectivity index (χ0) is 11.6. The van der Waals surface area contributed by atoms with Crippen LogP contribution in [0.5, 0.6) is 0 Å². The molecule has 2 nitrogen and oxygen atoms in total. The van der Waals surface area contributed by atoms with Crippen LogP contribution < -0.4 is 0 Å². The quantitative estimate of drug-likeness (QED) is 0.667. The second kappa shape index (κ2) is 4.73. The van der Waals surface area contributed by atoms with Crippen molar-refractivity contribution in [2.75, 3.05) is 12.4 Å². The summed E-state index contributed by atoms with van der Waals surface area (Å²) in [5, 5.41) is 0. The van der Waals surface area contributed by atoms with Crippen LogP contribution in [0.15, 0.2) is 0 Å².